The van der Waals surface area contributed by atoms with Gasteiger partial charge < -0.3 is 20.1 Å². The summed E-state index contributed by atoms with van der Waals surface area (Å²) >= 11 is 0. The Kier molecular flexibility index (Phi) is 5.80. The van der Waals surface area contributed by atoms with E-state index in [-0.39, 0.29) is 12.5 Å². The summed E-state index contributed by atoms with van der Waals surface area (Å²) in [6.07, 6.45) is 0. The van der Waals surface area contributed by atoms with Crippen molar-refractivity contribution in [3.05, 3.63) is 54.1 Å². The molecule has 0 saturated carbocycles. The van der Waals surface area contributed by atoms with Gasteiger partial charge in [-0.05, 0) is 18.2 Å². The number of carbonyl (C=O) groups excluding carboxylic acids is 1. The van der Waals surface area contributed by atoms with Gasteiger partial charge in [-0.3, -0.25) is 4.79 Å². The largest absolute Gasteiger partial charge is 0.496 e. The van der Waals surface area contributed by atoms with Crippen molar-refractivity contribution in [2.45, 2.75) is 6.54 Å². The first-order valence-electron chi connectivity index (χ1n) is 7.00. The molecule has 0 radical (unpaired) electrons. The van der Waals surface area contributed by atoms with E-state index < -0.39 is 0 Å². The Balaban J connectivity index is 1.85. The minimum absolute atomic E-state index is 0.126. The molecule has 0 aliphatic carbocycles. The lowest BCUT2D eigenvalue weighted by atomic mass is 10.2. The van der Waals surface area contributed by atoms with Crippen LogP contribution in [0.3, 0.4) is 0 Å². The van der Waals surface area contributed by atoms with Gasteiger partial charge >= 0.3 is 0 Å². The number of methoxy groups -OCH3 is 2. The van der Waals surface area contributed by atoms with Crippen molar-refractivity contribution in [3.8, 4) is 11.5 Å². The molecule has 0 saturated heterocycles. The number of amides is 1. The predicted octanol–water partition coefficient (Wildman–Crippen LogP) is 2.43. The molecule has 0 aromatic heterocycles. The smallest absolute Gasteiger partial charge is 0.238 e. The number of hydrogen-bond donors (Lipinski definition) is 2. The fourth-order valence-electron chi connectivity index (χ4n) is 2.10. The maximum absolute atomic E-state index is 12.0. The Morgan fingerprint density at radius 1 is 0.955 bits per heavy atom. The molecule has 0 heterocycles. The molecule has 22 heavy (non-hydrogen) atoms. The second-order valence-electron chi connectivity index (χ2n) is 4.66. The van der Waals surface area contributed by atoms with Gasteiger partial charge in [0.05, 0.1) is 26.5 Å². The van der Waals surface area contributed by atoms with E-state index in [9.17, 15) is 4.79 Å². The van der Waals surface area contributed by atoms with Gasteiger partial charge in [0.1, 0.15) is 11.5 Å². The van der Waals surface area contributed by atoms with Crippen LogP contribution in [0.4, 0.5) is 5.69 Å². The number of benzene rings is 2. The lowest BCUT2D eigenvalue weighted by Gasteiger charge is -2.11. The van der Waals surface area contributed by atoms with E-state index in [1.807, 2.05) is 36.4 Å². The Morgan fingerprint density at radius 3 is 2.32 bits per heavy atom. The lowest BCUT2D eigenvalue weighted by Crippen LogP contribution is -2.28. The van der Waals surface area contributed by atoms with Crippen molar-refractivity contribution >= 4 is 11.6 Å². The number of ether oxygens (including phenoxy) is 2. The third kappa shape index (κ3) is 4.23. The predicted molar refractivity (Wildman–Crippen MR) is 86.3 cm³/mol. The molecule has 0 fully saturated rings. The van der Waals surface area contributed by atoms with Gasteiger partial charge in [-0.2, -0.15) is 0 Å². The van der Waals surface area contributed by atoms with Gasteiger partial charge in [-0.15, -0.1) is 0 Å². The first kappa shape index (κ1) is 15.9. The molecule has 116 valence electrons. The lowest BCUT2D eigenvalue weighted by molar-refractivity contribution is -0.115. The molecule has 1 amide bonds. The SMILES string of the molecule is COc1ccccc1CNCC(=O)Nc1ccccc1OC. The highest BCUT2D eigenvalue weighted by atomic mass is 16.5. The van der Waals surface area contributed by atoms with E-state index in [0.29, 0.717) is 18.0 Å². The number of nitrogens with one attached hydrogen (secondary N) is 2. The highest BCUT2D eigenvalue weighted by Gasteiger charge is 2.07. The topological polar surface area (TPSA) is 59.6 Å². The summed E-state index contributed by atoms with van der Waals surface area (Å²) in [5, 5.41) is 5.92. The molecule has 0 aliphatic rings. The summed E-state index contributed by atoms with van der Waals surface area (Å²) in [5.74, 6) is 1.32. The molecule has 2 rings (SSSR count). The molecule has 0 bridgehead atoms. The Hall–Kier alpha value is -2.53. The van der Waals surface area contributed by atoms with E-state index in [0.717, 1.165) is 11.3 Å². The normalized spacial score (nSPS) is 10.1. The van der Waals surface area contributed by atoms with Gasteiger partial charge in [0, 0.05) is 12.1 Å². The van der Waals surface area contributed by atoms with Crippen molar-refractivity contribution in [3.63, 3.8) is 0 Å². The Morgan fingerprint density at radius 2 is 1.59 bits per heavy atom. The fraction of sp³-hybridized carbons (Fsp3) is 0.235. The number of rotatable bonds is 7. The van der Waals surface area contributed by atoms with Crippen LogP contribution in [-0.4, -0.2) is 26.7 Å². The molecule has 5 heteroatoms. The second-order valence-corrected chi connectivity index (χ2v) is 4.66. The molecule has 2 aromatic rings. The summed E-state index contributed by atoms with van der Waals surface area (Å²) < 4.78 is 10.5. The van der Waals surface area contributed by atoms with Gasteiger partial charge in [-0.25, -0.2) is 0 Å². The zero-order valence-corrected chi connectivity index (χ0v) is 12.8. The second kappa shape index (κ2) is 8.05. The minimum Gasteiger partial charge on any atom is -0.496 e. The van der Waals surface area contributed by atoms with E-state index in [1.165, 1.54) is 0 Å². The van der Waals surface area contributed by atoms with Crippen LogP contribution < -0.4 is 20.1 Å². The summed E-state index contributed by atoms with van der Waals surface area (Å²) in [5.41, 5.74) is 1.67. The van der Waals surface area contributed by atoms with E-state index >= 15 is 0 Å². The first-order valence-corrected chi connectivity index (χ1v) is 7.00. The molecule has 0 atom stereocenters. The average Bonchev–Trinajstić information content (AvgIpc) is 2.55. The maximum Gasteiger partial charge on any atom is 0.238 e. The number of carbonyl (C=O) groups is 1. The average molecular weight is 300 g/mol. The first-order chi connectivity index (χ1) is 10.7. The number of hydrogen-bond acceptors (Lipinski definition) is 4. The molecule has 5 nitrogen and oxygen atoms in total. The van der Waals surface area contributed by atoms with Crippen LogP contribution >= 0.6 is 0 Å². The van der Waals surface area contributed by atoms with Crippen LogP contribution in [0.15, 0.2) is 48.5 Å². The molecular weight excluding hydrogens is 280 g/mol. The van der Waals surface area contributed by atoms with E-state index in [1.54, 1.807) is 26.4 Å². The summed E-state index contributed by atoms with van der Waals surface area (Å²) in [6, 6.07) is 15.0. The van der Waals surface area contributed by atoms with Crippen LogP contribution in [0.1, 0.15) is 5.56 Å². The van der Waals surface area contributed by atoms with Crippen LogP contribution in [0.25, 0.3) is 0 Å². The van der Waals surface area contributed by atoms with Crippen LogP contribution in [0.5, 0.6) is 11.5 Å². The Bertz CT molecular complexity index is 629. The van der Waals surface area contributed by atoms with Crippen molar-refractivity contribution in [2.75, 3.05) is 26.1 Å². The van der Waals surface area contributed by atoms with Gasteiger partial charge in [0.15, 0.2) is 0 Å². The summed E-state index contributed by atoms with van der Waals surface area (Å²) in [4.78, 5) is 12.0. The van der Waals surface area contributed by atoms with Gasteiger partial charge in [0.2, 0.25) is 5.91 Å². The zero-order chi connectivity index (χ0) is 15.8. The quantitative estimate of drug-likeness (QED) is 0.824. The number of anilines is 1. The number of para-hydroxylation sites is 3. The van der Waals surface area contributed by atoms with Crippen LogP contribution in [0.2, 0.25) is 0 Å². The zero-order valence-electron chi connectivity index (χ0n) is 12.8. The van der Waals surface area contributed by atoms with E-state index in [4.69, 9.17) is 9.47 Å². The monoisotopic (exact) mass is 300 g/mol. The van der Waals surface area contributed by atoms with Crippen molar-refractivity contribution < 1.29 is 14.3 Å². The van der Waals surface area contributed by atoms with Crippen molar-refractivity contribution in [2.24, 2.45) is 0 Å². The minimum atomic E-state index is -0.126. The van der Waals surface area contributed by atoms with Crippen molar-refractivity contribution in [1.82, 2.24) is 5.32 Å². The fourth-order valence-corrected chi connectivity index (χ4v) is 2.10. The highest BCUT2D eigenvalue weighted by molar-refractivity contribution is 5.93. The molecule has 0 spiro atoms. The molecule has 0 unspecified atom stereocenters. The Labute approximate surface area is 130 Å². The van der Waals surface area contributed by atoms with Crippen LogP contribution in [-0.2, 0) is 11.3 Å². The summed E-state index contributed by atoms with van der Waals surface area (Å²) in [6.45, 7) is 0.763. The highest BCUT2D eigenvalue weighted by Crippen LogP contribution is 2.22. The van der Waals surface area contributed by atoms with Gasteiger partial charge in [0.25, 0.3) is 0 Å². The van der Waals surface area contributed by atoms with Gasteiger partial charge in [-0.1, -0.05) is 30.3 Å². The molecule has 2 aromatic carbocycles. The van der Waals surface area contributed by atoms with Crippen LogP contribution in [0, 0.1) is 0 Å². The molecule has 2 N–H and O–H groups in total. The standard InChI is InChI=1S/C17H20N2O3/c1-21-15-9-5-3-7-13(15)11-18-12-17(20)19-14-8-4-6-10-16(14)22-2/h3-10,18H,11-12H2,1-2H3,(H,19,20). The van der Waals surface area contributed by atoms with Crippen molar-refractivity contribution in [1.29, 1.82) is 0 Å². The maximum atomic E-state index is 12.0. The van der Waals surface area contributed by atoms with E-state index in [2.05, 4.69) is 10.6 Å². The third-order valence-electron chi connectivity index (χ3n) is 3.17. The molecular formula is C17H20N2O3. The summed E-state index contributed by atoms with van der Waals surface area (Å²) in [7, 11) is 3.21. The third-order valence-corrected chi connectivity index (χ3v) is 3.17. The molecule has 0 aliphatic heterocycles.